The van der Waals surface area contributed by atoms with E-state index in [-0.39, 0.29) is 0 Å². The Morgan fingerprint density at radius 3 is 3.00 bits per heavy atom. The Bertz CT molecular complexity index is 441. The maximum absolute atomic E-state index is 5.51. The van der Waals surface area contributed by atoms with Gasteiger partial charge in [0.2, 0.25) is 0 Å². The number of thiophene rings is 1. The predicted molar refractivity (Wildman–Crippen MR) is 66.3 cm³/mol. The van der Waals surface area contributed by atoms with Crippen LogP contribution >= 0.6 is 11.3 Å². The standard InChI is InChI=1S/C11H14N4S/c1-15(8-9-3-2-6-16-9)11-4-5-13-10(7-12)14-11/h2-6H,7-8,12H2,1H3. The number of nitrogens with zero attached hydrogens (tertiary/aromatic N) is 3. The third-order valence-electron chi connectivity index (χ3n) is 2.24. The first kappa shape index (κ1) is 11.0. The highest BCUT2D eigenvalue weighted by Gasteiger charge is 2.05. The van der Waals surface area contributed by atoms with Crippen LogP contribution in [0.1, 0.15) is 10.7 Å². The Hall–Kier alpha value is -1.46. The van der Waals surface area contributed by atoms with E-state index in [4.69, 9.17) is 5.73 Å². The van der Waals surface area contributed by atoms with Gasteiger partial charge in [-0.3, -0.25) is 0 Å². The zero-order chi connectivity index (χ0) is 11.4. The van der Waals surface area contributed by atoms with Crippen LogP contribution < -0.4 is 10.6 Å². The molecule has 0 amide bonds. The highest BCUT2D eigenvalue weighted by atomic mass is 32.1. The quantitative estimate of drug-likeness (QED) is 0.873. The third-order valence-corrected chi connectivity index (χ3v) is 3.10. The minimum Gasteiger partial charge on any atom is -0.354 e. The summed E-state index contributed by atoms with van der Waals surface area (Å²) in [6.45, 7) is 1.24. The predicted octanol–water partition coefficient (Wildman–Crippen LogP) is 1.63. The molecule has 84 valence electrons. The molecule has 0 atom stereocenters. The van der Waals surface area contributed by atoms with Crippen LogP contribution in [0.4, 0.5) is 5.82 Å². The summed E-state index contributed by atoms with van der Waals surface area (Å²) < 4.78 is 0. The van der Waals surface area contributed by atoms with Gasteiger partial charge in [0.1, 0.15) is 11.6 Å². The molecule has 2 aromatic heterocycles. The molecule has 0 saturated heterocycles. The van der Waals surface area contributed by atoms with Gasteiger partial charge in [0.05, 0.1) is 13.1 Å². The van der Waals surface area contributed by atoms with E-state index < -0.39 is 0 Å². The van der Waals surface area contributed by atoms with Crippen molar-refractivity contribution >= 4 is 17.2 Å². The smallest absolute Gasteiger partial charge is 0.144 e. The van der Waals surface area contributed by atoms with Gasteiger partial charge >= 0.3 is 0 Å². The summed E-state index contributed by atoms with van der Waals surface area (Å²) in [6, 6.07) is 6.07. The molecule has 0 aliphatic carbocycles. The van der Waals surface area contributed by atoms with Gasteiger partial charge in [-0.2, -0.15) is 0 Å². The van der Waals surface area contributed by atoms with E-state index in [0.29, 0.717) is 12.4 Å². The molecule has 2 rings (SSSR count). The Morgan fingerprint density at radius 2 is 2.31 bits per heavy atom. The summed E-state index contributed by atoms with van der Waals surface area (Å²) in [6.07, 6.45) is 1.75. The second-order valence-electron chi connectivity index (χ2n) is 3.47. The van der Waals surface area contributed by atoms with Crippen LogP contribution in [-0.4, -0.2) is 17.0 Å². The first-order valence-electron chi connectivity index (χ1n) is 5.05. The monoisotopic (exact) mass is 234 g/mol. The van der Waals surface area contributed by atoms with Gasteiger partial charge in [0.15, 0.2) is 0 Å². The first-order chi connectivity index (χ1) is 7.79. The largest absolute Gasteiger partial charge is 0.354 e. The van der Waals surface area contributed by atoms with Gasteiger partial charge in [0, 0.05) is 18.1 Å². The average Bonchev–Trinajstić information content (AvgIpc) is 2.82. The van der Waals surface area contributed by atoms with Crippen molar-refractivity contribution in [1.29, 1.82) is 0 Å². The highest BCUT2D eigenvalue weighted by molar-refractivity contribution is 7.09. The van der Waals surface area contributed by atoms with E-state index in [1.54, 1.807) is 17.5 Å². The Balaban J connectivity index is 2.11. The minimum absolute atomic E-state index is 0.376. The van der Waals surface area contributed by atoms with Crippen molar-refractivity contribution in [2.24, 2.45) is 5.73 Å². The molecule has 16 heavy (non-hydrogen) atoms. The van der Waals surface area contributed by atoms with Crippen LogP contribution in [0.25, 0.3) is 0 Å². The maximum atomic E-state index is 5.51. The molecule has 0 aromatic carbocycles. The number of aromatic nitrogens is 2. The van der Waals surface area contributed by atoms with Crippen LogP contribution in [0, 0.1) is 0 Å². The fourth-order valence-corrected chi connectivity index (χ4v) is 2.17. The van der Waals surface area contributed by atoms with E-state index >= 15 is 0 Å². The summed E-state index contributed by atoms with van der Waals surface area (Å²) in [4.78, 5) is 11.8. The molecular weight excluding hydrogens is 220 g/mol. The van der Waals surface area contributed by atoms with E-state index in [2.05, 4.69) is 32.4 Å². The highest BCUT2D eigenvalue weighted by Crippen LogP contribution is 2.15. The fourth-order valence-electron chi connectivity index (χ4n) is 1.42. The van der Waals surface area contributed by atoms with E-state index in [9.17, 15) is 0 Å². The number of hydrogen-bond donors (Lipinski definition) is 1. The number of hydrogen-bond acceptors (Lipinski definition) is 5. The molecule has 0 spiro atoms. The van der Waals surface area contributed by atoms with Crippen LogP contribution in [0.5, 0.6) is 0 Å². The molecule has 0 radical (unpaired) electrons. The van der Waals surface area contributed by atoms with Crippen LogP contribution in [0.3, 0.4) is 0 Å². The molecule has 4 nitrogen and oxygen atoms in total. The molecule has 0 aliphatic heterocycles. The lowest BCUT2D eigenvalue weighted by Gasteiger charge is -2.17. The minimum atomic E-state index is 0.376. The molecule has 2 N–H and O–H groups in total. The molecule has 2 aromatic rings. The topological polar surface area (TPSA) is 55.0 Å². The van der Waals surface area contributed by atoms with Gasteiger partial charge in [-0.25, -0.2) is 9.97 Å². The van der Waals surface area contributed by atoms with Gasteiger partial charge in [-0.1, -0.05) is 6.07 Å². The number of anilines is 1. The Morgan fingerprint density at radius 1 is 1.44 bits per heavy atom. The van der Waals surface area contributed by atoms with Crippen molar-refractivity contribution < 1.29 is 0 Å². The summed E-state index contributed by atoms with van der Waals surface area (Å²) in [5, 5.41) is 2.08. The summed E-state index contributed by atoms with van der Waals surface area (Å²) in [5.41, 5.74) is 5.51. The van der Waals surface area contributed by atoms with Crippen LogP contribution in [0.15, 0.2) is 29.8 Å². The molecule has 0 unspecified atom stereocenters. The summed E-state index contributed by atoms with van der Waals surface area (Å²) in [5.74, 6) is 1.58. The molecule has 2 heterocycles. The molecule has 5 heteroatoms. The van der Waals surface area contributed by atoms with Crippen molar-refractivity contribution in [3.05, 3.63) is 40.5 Å². The lowest BCUT2D eigenvalue weighted by molar-refractivity contribution is 0.855. The van der Waals surface area contributed by atoms with E-state index in [0.717, 1.165) is 12.4 Å². The normalized spacial score (nSPS) is 10.4. The van der Waals surface area contributed by atoms with Crippen molar-refractivity contribution in [1.82, 2.24) is 9.97 Å². The van der Waals surface area contributed by atoms with Crippen LogP contribution in [-0.2, 0) is 13.1 Å². The van der Waals surface area contributed by atoms with Crippen molar-refractivity contribution in [3.63, 3.8) is 0 Å². The third kappa shape index (κ3) is 2.56. The Labute approximate surface area is 98.8 Å². The second-order valence-corrected chi connectivity index (χ2v) is 4.50. The zero-order valence-corrected chi connectivity index (χ0v) is 9.94. The molecule has 0 bridgehead atoms. The van der Waals surface area contributed by atoms with Crippen LogP contribution in [0.2, 0.25) is 0 Å². The molecule has 0 fully saturated rings. The molecule has 0 saturated carbocycles. The maximum Gasteiger partial charge on any atom is 0.144 e. The SMILES string of the molecule is CN(Cc1cccs1)c1ccnc(CN)n1. The Kier molecular flexibility index (Phi) is 3.48. The van der Waals surface area contributed by atoms with Gasteiger partial charge in [-0.15, -0.1) is 11.3 Å². The number of rotatable bonds is 4. The fraction of sp³-hybridized carbons (Fsp3) is 0.273. The van der Waals surface area contributed by atoms with E-state index in [1.807, 2.05) is 13.1 Å². The lowest BCUT2D eigenvalue weighted by Crippen LogP contribution is -2.18. The van der Waals surface area contributed by atoms with E-state index in [1.165, 1.54) is 4.88 Å². The van der Waals surface area contributed by atoms with Crippen molar-refractivity contribution in [3.8, 4) is 0 Å². The zero-order valence-electron chi connectivity index (χ0n) is 9.13. The average molecular weight is 234 g/mol. The summed E-state index contributed by atoms with van der Waals surface area (Å²) >= 11 is 1.75. The molecular formula is C11H14N4S. The summed E-state index contributed by atoms with van der Waals surface area (Å²) in [7, 11) is 2.02. The van der Waals surface area contributed by atoms with Crippen molar-refractivity contribution in [2.45, 2.75) is 13.1 Å². The van der Waals surface area contributed by atoms with Crippen molar-refractivity contribution in [2.75, 3.05) is 11.9 Å². The van der Waals surface area contributed by atoms with Gasteiger partial charge in [-0.05, 0) is 17.5 Å². The van der Waals surface area contributed by atoms with Gasteiger partial charge < -0.3 is 10.6 Å². The lowest BCUT2D eigenvalue weighted by atomic mass is 10.4. The van der Waals surface area contributed by atoms with Gasteiger partial charge in [0.25, 0.3) is 0 Å². The molecule has 0 aliphatic rings. The number of nitrogens with two attached hydrogens (primary N) is 1. The first-order valence-corrected chi connectivity index (χ1v) is 5.93. The second kappa shape index (κ2) is 5.05.